The summed E-state index contributed by atoms with van der Waals surface area (Å²) in [5.74, 6) is 0.604. The maximum Gasteiger partial charge on any atom is 0.411 e. The zero-order valence-corrected chi connectivity index (χ0v) is 12.1. The first-order chi connectivity index (χ1) is 9.08. The minimum atomic E-state index is -0.453. The van der Waals surface area contributed by atoms with Gasteiger partial charge in [-0.2, -0.15) is 0 Å². The summed E-state index contributed by atoms with van der Waals surface area (Å²) in [7, 11) is 1.92. The average molecular weight is 303 g/mol. The van der Waals surface area contributed by atoms with E-state index in [2.05, 4.69) is 10.6 Å². The van der Waals surface area contributed by atoms with Gasteiger partial charge in [0.05, 0.1) is 10.0 Å². The number of rotatable bonds is 4. The van der Waals surface area contributed by atoms with Gasteiger partial charge in [-0.05, 0) is 50.6 Å². The van der Waals surface area contributed by atoms with E-state index in [-0.39, 0.29) is 6.10 Å². The Balaban J connectivity index is 1.77. The molecule has 0 atom stereocenters. The van der Waals surface area contributed by atoms with Crippen molar-refractivity contribution < 1.29 is 9.53 Å². The average Bonchev–Trinajstić information content (AvgIpc) is 2.31. The molecule has 2 N–H and O–H groups in total. The smallest absolute Gasteiger partial charge is 0.411 e. The third-order valence-corrected chi connectivity index (χ3v) is 3.86. The number of carbonyl (C=O) groups is 1. The van der Waals surface area contributed by atoms with Crippen molar-refractivity contribution in [3.8, 4) is 0 Å². The summed E-state index contributed by atoms with van der Waals surface area (Å²) in [5, 5.41) is 6.60. The lowest BCUT2D eigenvalue weighted by atomic mass is 9.82. The normalized spacial score (nSPS) is 21.6. The first kappa shape index (κ1) is 14.4. The van der Waals surface area contributed by atoms with Gasteiger partial charge in [0, 0.05) is 5.69 Å². The molecule has 19 heavy (non-hydrogen) atoms. The van der Waals surface area contributed by atoms with Gasteiger partial charge in [0.1, 0.15) is 6.10 Å². The van der Waals surface area contributed by atoms with Crippen LogP contribution in [0.3, 0.4) is 0 Å². The Bertz CT molecular complexity index is 462. The quantitative estimate of drug-likeness (QED) is 0.894. The zero-order valence-electron chi connectivity index (χ0n) is 10.6. The molecule has 0 aromatic heterocycles. The van der Waals surface area contributed by atoms with E-state index in [9.17, 15) is 4.79 Å². The van der Waals surface area contributed by atoms with E-state index >= 15 is 0 Å². The molecular weight excluding hydrogens is 287 g/mol. The van der Waals surface area contributed by atoms with Crippen LogP contribution >= 0.6 is 23.2 Å². The van der Waals surface area contributed by atoms with Crippen LogP contribution in [0.15, 0.2) is 18.2 Å². The van der Waals surface area contributed by atoms with Crippen LogP contribution in [0.1, 0.15) is 12.8 Å². The van der Waals surface area contributed by atoms with Crippen molar-refractivity contribution in [1.82, 2.24) is 5.32 Å². The maximum absolute atomic E-state index is 11.7. The lowest BCUT2D eigenvalue weighted by Gasteiger charge is -2.34. The molecule has 1 amide bonds. The highest BCUT2D eigenvalue weighted by Crippen LogP contribution is 2.30. The van der Waals surface area contributed by atoms with Crippen LogP contribution in [0, 0.1) is 5.92 Å². The van der Waals surface area contributed by atoms with E-state index in [4.69, 9.17) is 27.9 Å². The van der Waals surface area contributed by atoms with Crippen LogP contribution in [-0.4, -0.2) is 25.8 Å². The number of benzene rings is 1. The predicted octanol–water partition coefficient (Wildman–Crippen LogP) is 3.54. The predicted molar refractivity (Wildman–Crippen MR) is 77.0 cm³/mol. The SMILES string of the molecule is CNCC1CC(OC(=O)Nc2ccc(Cl)c(Cl)c2)C1. The number of nitrogens with one attached hydrogen (secondary N) is 2. The molecule has 2 rings (SSSR count). The lowest BCUT2D eigenvalue weighted by molar-refractivity contribution is 0.0257. The first-order valence-electron chi connectivity index (χ1n) is 6.15. The summed E-state index contributed by atoms with van der Waals surface area (Å²) >= 11 is 11.7. The third-order valence-electron chi connectivity index (χ3n) is 3.12. The number of carbonyl (C=O) groups excluding carboxylic acids is 1. The van der Waals surface area contributed by atoms with Gasteiger partial charge in [-0.3, -0.25) is 5.32 Å². The molecule has 0 bridgehead atoms. The van der Waals surface area contributed by atoms with E-state index in [1.807, 2.05) is 7.05 Å². The van der Waals surface area contributed by atoms with E-state index in [1.165, 1.54) is 0 Å². The van der Waals surface area contributed by atoms with Gasteiger partial charge in [-0.15, -0.1) is 0 Å². The molecule has 0 radical (unpaired) electrons. The summed E-state index contributed by atoms with van der Waals surface area (Å²) in [6.45, 7) is 0.967. The fraction of sp³-hybridized carbons (Fsp3) is 0.462. The van der Waals surface area contributed by atoms with Crippen molar-refractivity contribution in [2.24, 2.45) is 5.92 Å². The van der Waals surface area contributed by atoms with Crippen LogP contribution in [-0.2, 0) is 4.74 Å². The third kappa shape index (κ3) is 4.00. The molecule has 0 heterocycles. The number of ether oxygens (including phenoxy) is 1. The highest BCUT2D eigenvalue weighted by atomic mass is 35.5. The van der Waals surface area contributed by atoms with Crippen LogP contribution in [0.25, 0.3) is 0 Å². The van der Waals surface area contributed by atoms with Gasteiger partial charge in [0.2, 0.25) is 0 Å². The van der Waals surface area contributed by atoms with Crippen molar-refractivity contribution in [3.63, 3.8) is 0 Å². The highest BCUT2D eigenvalue weighted by molar-refractivity contribution is 6.42. The first-order valence-corrected chi connectivity index (χ1v) is 6.91. The summed E-state index contributed by atoms with van der Waals surface area (Å²) in [4.78, 5) is 11.7. The van der Waals surface area contributed by atoms with Crippen molar-refractivity contribution in [1.29, 1.82) is 0 Å². The molecule has 1 fully saturated rings. The monoisotopic (exact) mass is 302 g/mol. The molecule has 0 saturated heterocycles. The van der Waals surface area contributed by atoms with Gasteiger partial charge < -0.3 is 10.1 Å². The summed E-state index contributed by atoms with van der Waals surface area (Å²) in [5.41, 5.74) is 0.575. The minimum Gasteiger partial charge on any atom is -0.446 e. The Labute approximate surface area is 122 Å². The molecule has 1 aliphatic rings. The molecule has 0 spiro atoms. The number of anilines is 1. The minimum absolute atomic E-state index is 0.0149. The highest BCUT2D eigenvalue weighted by Gasteiger charge is 2.31. The molecular formula is C13H16Cl2N2O2. The van der Waals surface area contributed by atoms with Crippen LogP contribution in [0.2, 0.25) is 10.0 Å². The van der Waals surface area contributed by atoms with E-state index in [0.29, 0.717) is 21.7 Å². The molecule has 1 saturated carbocycles. The van der Waals surface area contributed by atoms with Crippen LogP contribution in [0.5, 0.6) is 0 Å². The Morgan fingerprint density at radius 3 is 2.74 bits per heavy atom. The van der Waals surface area contributed by atoms with Gasteiger partial charge in [-0.25, -0.2) is 4.79 Å². The second kappa shape index (κ2) is 6.46. The molecule has 104 valence electrons. The molecule has 1 aliphatic carbocycles. The van der Waals surface area contributed by atoms with Crippen LogP contribution < -0.4 is 10.6 Å². The van der Waals surface area contributed by atoms with Crippen molar-refractivity contribution in [3.05, 3.63) is 28.2 Å². The largest absolute Gasteiger partial charge is 0.446 e. The zero-order chi connectivity index (χ0) is 13.8. The summed E-state index contributed by atoms with van der Waals surface area (Å²) < 4.78 is 5.28. The van der Waals surface area contributed by atoms with E-state index in [0.717, 1.165) is 19.4 Å². The number of hydrogen-bond donors (Lipinski definition) is 2. The number of amides is 1. The lowest BCUT2D eigenvalue weighted by Crippen LogP contribution is -2.38. The van der Waals surface area contributed by atoms with Gasteiger partial charge in [0.15, 0.2) is 0 Å². The van der Waals surface area contributed by atoms with Crippen molar-refractivity contribution in [2.75, 3.05) is 18.9 Å². The Morgan fingerprint density at radius 2 is 2.11 bits per heavy atom. The van der Waals surface area contributed by atoms with E-state index < -0.39 is 6.09 Å². The molecule has 0 unspecified atom stereocenters. The second-order valence-electron chi connectivity index (χ2n) is 4.68. The van der Waals surface area contributed by atoms with E-state index in [1.54, 1.807) is 18.2 Å². The van der Waals surface area contributed by atoms with Crippen LogP contribution in [0.4, 0.5) is 10.5 Å². The van der Waals surface area contributed by atoms with Gasteiger partial charge >= 0.3 is 6.09 Å². The molecule has 4 nitrogen and oxygen atoms in total. The Kier molecular flexibility index (Phi) is 4.91. The molecule has 6 heteroatoms. The fourth-order valence-electron chi connectivity index (χ4n) is 2.10. The van der Waals surface area contributed by atoms with Gasteiger partial charge in [0.25, 0.3) is 0 Å². The second-order valence-corrected chi connectivity index (χ2v) is 5.49. The standard InChI is InChI=1S/C13H16Cl2N2O2/c1-16-7-8-4-10(5-8)19-13(18)17-9-2-3-11(14)12(15)6-9/h2-3,6,8,10,16H,4-5,7H2,1H3,(H,17,18). The summed E-state index contributed by atoms with van der Waals surface area (Å²) in [6, 6.07) is 4.90. The van der Waals surface area contributed by atoms with Crippen molar-refractivity contribution >= 4 is 35.0 Å². The Hall–Kier alpha value is -0.970. The molecule has 1 aromatic carbocycles. The topological polar surface area (TPSA) is 50.4 Å². The number of hydrogen-bond acceptors (Lipinski definition) is 3. The fourth-order valence-corrected chi connectivity index (χ4v) is 2.40. The molecule has 0 aliphatic heterocycles. The van der Waals surface area contributed by atoms with Crippen molar-refractivity contribution in [2.45, 2.75) is 18.9 Å². The number of halogens is 2. The summed E-state index contributed by atoms with van der Waals surface area (Å²) in [6.07, 6.45) is 1.39. The Morgan fingerprint density at radius 1 is 1.37 bits per heavy atom. The molecule has 1 aromatic rings. The maximum atomic E-state index is 11.7. The van der Waals surface area contributed by atoms with Gasteiger partial charge in [-0.1, -0.05) is 23.2 Å².